The summed E-state index contributed by atoms with van der Waals surface area (Å²) in [5, 5.41) is 16.1. The average molecular weight is 454 g/mol. The van der Waals surface area contributed by atoms with Crippen LogP contribution in [-0.2, 0) is 0 Å². The zero-order chi connectivity index (χ0) is 23.5. The quantitative estimate of drug-likeness (QED) is 0.582. The molecule has 29 heavy (non-hydrogen) atoms. The Morgan fingerprint density at radius 1 is 0.793 bits per heavy atom. The lowest BCUT2D eigenvalue weighted by molar-refractivity contribution is -0.414. The standard InChI is InChI=1S/C7H4F12O.C7H6O2/c8-2(9)4(12,13)6(16,17)7(18,19)5(14,15)3(10,11)1-20;8-7(9)6-4-2-1-3-5-6/h2,20H,1H2;1-5H,(H,8,9). The van der Waals surface area contributed by atoms with Crippen LogP contribution in [0.3, 0.4) is 0 Å². The summed E-state index contributed by atoms with van der Waals surface area (Å²) < 4.78 is 148. The Kier molecular flexibility index (Phi) is 8.01. The molecule has 0 atom stereocenters. The van der Waals surface area contributed by atoms with Gasteiger partial charge in [0.2, 0.25) is 0 Å². The van der Waals surface area contributed by atoms with Gasteiger partial charge < -0.3 is 10.2 Å². The lowest BCUT2D eigenvalue weighted by Gasteiger charge is -2.38. The third kappa shape index (κ3) is 4.87. The lowest BCUT2D eigenvalue weighted by atomic mass is 9.95. The maximum absolute atomic E-state index is 12.6. The first kappa shape index (κ1) is 26.8. The van der Waals surface area contributed by atoms with E-state index in [0.29, 0.717) is 5.56 Å². The molecule has 168 valence electrons. The van der Waals surface area contributed by atoms with Crippen LogP contribution >= 0.6 is 0 Å². The molecule has 0 unspecified atom stereocenters. The molecule has 0 aromatic heterocycles. The average Bonchev–Trinajstić information content (AvgIpc) is 2.62. The molecule has 1 aromatic carbocycles. The van der Waals surface area contributed by atoms with Crippen LogP contribution in [0.15, 0.2) is 30.3 Å². The van der Waals surface area contributed by atoms with Gasteiger partial charge in [0.05, 0.1) is 5.56 Å². The molecule has 0 saturated carbocycles. The number of alkyl halides is 12. The highest BCUT2D eigenvalue weighted by Gasteiger charge is 2.87. The van der Waals surface area contributed by atoms with Gasteiger partial charge >= 0.3 is 42.0 Å². The third-order valence-corrected chi connectivity index (χ3v) is 3.16. The van der Waals surface area contributed by atoms with Crippen molar-refractivity contribution in [2.75, 3.05) is 6.61 Å². The van der Waals surface area contributed by atoms with E-state index in [4.69, 9.17) is 10.2 Å². The SMILES string of the molecule is O=C(O)c1ccccc1.OCC(F)(F)C(F)(F)C(F)(F)C(F)(F)C(F)(F)C(F)F. The monoisotopic (exact) mass is 454 g/mol. The normalized spacial score (nSPS) is 13.7. The van der Waals surface area contributed by atoms with Gasteiger partial charge in [0.25, 0.3) is 0 Å². The van der Waals surface area contributed by atoms with Crippen molar-refractivity contribution in [3.05, 3.63) is 35.9 Å². The van der Waals surface area contributed by atoms with E-state index < -0.39 is 48.6 Å². The predicted molar refractivity (Wildman–Crippen MR) is 71.2 cm³/mol. The summed E-state index contributed by atoms with van der Waals surface area (Å²) in [6.07, 6.45) is -5.53. The topological polar surface area (TPSA) is 57.5 Å². The number of aliphatic hydroxyl groups excluding tert-OH is 1. The summed E-state index contributed by atoms with van der Waals surface area (Å²) in [6, 6.07) is 8.30. The van der Waals surface area contributed by atoms with Gasteiger partial charge in [0.1, 0.15) is 6.61 Å². The van der Waals surface area contributed by atoms with Crippen molar-refractivity contribution in [3.63, 3.8) is 0 Å². The van der Waals surface area contributed by atoms with Crippen LogP contribution in [-0.4, -0.2) is 58.8 Å². The number of halogens is 12. The number of carbonyl (C=O) groups is 1. The number of rotatable bonds is 7. The maximum Gasteiger partial charge on any atom is 0.384 e. The summed E-state index contributed by atoms with van der Waals surface area (Å²) in [5.74, 6) is -36.4. The van der Waals surface area contributed by atoms with E-state index in [2.05, 4.69) is 0 Å². The smallest absolute Gasteiger partial charge is 0.384 e. The van der Waals surface area contributed by atoms with Gasteiger partial charge in [-0.25, -0.2) is 13.6 Å². The second kappa shape index (κ2) is 8.67. The summed E-state index contributed by atoms with van der Waals surface area (Å²) in [4.78, 5) is 10.2. The van der Waals surface area contributed by atoms with Crippen LogP contribution in [0.4, 0.5) is 52.7 Å². The molecule has 1 rings (SSSR count). The van der Waals surface area contributed by atoms with Crippen molar-refractivity contribution in [3.8, 4) is 0 Å². The van der Waals surface area contributed by atoms with Crippen molar-refractivity contribution in [2.45, 2.75) is 36.0 Å². The van der Waals surface area contributed by atoms with Gasteiger partial charge in [-0.1, -0.05) is 18.2 Å². The number of aliphatic hydroxyl groups is 1. The third-order valence-electron chi connectivity index (χ3n) is 3.16. The Labute approximate surface area is 153 Å². The fraction of sp³-hybridized carbons (Fsp3) is 0.500. The van der Waals surface area contributed by atoms with Crippen molar-refractivity contribution >= 4 is 5.97 Å². The van der Waals surface area contributed by atoms with Gasteiger partial charge in [0.15, 0.2) is 0 Å². The van der Waals surface area contributed by atoms with Crippen molar-refractivity contribution in [1.29, 1.82) is 0 Å². The molecule has 0 aliphatic rings. The summed E-state index contributed by atoms with van der Waals surface area (Å²) in [5.41, 5.74) is 0.331. The molecule has 0 spiro atoms. The van der Waals surface area contributed by atoms with Crippen LogP contribution in [0.25, 0.3) is 0 Å². The van der Waals surface area contributed by atoms with Crippen molar-refractivity contribution in [2.24, 2.45) is 0 Å². The largest absolute Gasteiger partial charge is 0.478 e. The van der Waals surface area contributed by atoms with Crippen molar-refractivity contribution in [1.82, 2.24) is 0 Å². The van der Waals surface area contributed by atoms with E-state index in [1.807, 2.05) is 0 Å². The molecule has 0 fully saturated rings. The molecule has 0 saturated heterocycles. The predicted octanol–water partition coefficient (Wildman–Crippen LogP) is 4.81. The highest BCUT2D eigenvalue weighted by atomic mass is 19.4. The minimum atomic E-state index is -7.56. The fourth-order valence-corrected chi connectivity index (χ4v) is 1.45. The number of carboxylic acids is 1. The summed E-state index contributed by atoms with van der Waals surface area (Å²) >= 11 is 0. The van der Waals surface area contributed by atoms with Gasteiger partial charge in [0, 0.05) is 0 Å². The Morgan fingerprint density at radius 2 is 1.21 bits per heavy atom. The number of hydrogen-bond donors (Lipinski definition) is 2. The van der Waals surface area contributed by atoms with Crippen molar-refractivity contribution < 1.29 is 67.7 Å². The minimum absolute atomic E-state index is 0.331. The second-order valence-corrected chi connectivity index (χ2v) is 5.18. The molecule has 0 amide bonds. The molecule has 1 aromatic rings. The summed E-state index contributed by atoms with van der Waals surface area (Å²) in [6.45, 7) is -3.11. The molecule has 0 radical (unpaired) electrons. The zero-order valence-electron chi connectivity index (χ0n) is 13.5. The maximum atomic E-state index is 12.6. The highest BCUT2D eigenvalue weighted by Crippen LogP contribution is 2.57. The van der Waals surface area contributed by atoms with Crippen LogP contribution in [0.1, 0.15) is 10.4 Å². The first-order valence-corrected chi connectivity index (χ1v) is 6.87. The van der Waals surface area contributed by atoms with Crippen LogP contribution in [0.5, 0.6) is 0 Å². The Hall–Kier alpha value is -2.19. The van der Waals surface area contributed by atoms with E-state index >= 15 is 0 Å². The van der Waals surface area contributed by atoms with Gasteiger partial charge in [-0.15, -0.1) is 0 Å². The van der Waals surface area contributed by atoms with E-state index in [1.54, 1.807) is 30.3 Å². The molecule has 0 bridgehead atoms. The first-order valence-electron chi connectivity index (χ1n) is 6.87. The Balaban J connectivity index is 0.000000717. The number of carboxylic acid groups (broad SMARTS) is 1. The van der Waals surface area contributed by atoms with Gasteiger partial charge in [-0.3, -0.25) is 0 Å². The van der Waals surface area contributed by atoms with E-state index in [9.17, 15) is 57.5 Å². The van der Waals surface area contributed by atoms with E-state index in [-0.39, 0.29) is 0 Å². The molecule has 2 N–H and O–H groups in total. The van der Waals surface area contributed by atoms with E-state index in [1.165, 1.54) is 0 Å². The number of benzene rings is 1. The highest BCUT2D eigenvalue weighted by molar-refractivity contribution is 5.87. The second-order valence-electron chi connectivity index (χ2n) is 5.18. The molecule has 0 aliphatic heterocycles. The molecule has 0 aliphatic carbocycles. The van der Waals surface area contributed by atoms with Crippen LogP contribution in [0.2, 0.25) is 0 Å². The molecular weight excluding hydrogens is 444 g/mol. The Morgan fingerprint density at radius 3 is 1.48 bits per heavy atom. The van der Waals surface area contributed by atoms with E-state index in [0.717, 1.165) is 0 Å². The minimum Gasteiger partial charge on any atom is -0.478 e. The summed E-state index contributed by atoms with van der Waals surface area (Å²) in [7, 11) is 0. The van der Waals surface area contributed by atoms with Gasteiger partial charge in [-0.2, -0.15) is 43.9 Å². The lowest BCUT2D eigenvalue weighted by Crippen LogP contribution is -2.69. The first-order chi connectivity index (χ1) is 12.8. The zero-order valence-corrected chi connectivity index (χ0v) is 13.5. The molecule has 3 nitrogen and oxygen atoms in total. The van der Waals surface area contributed by atoms with Gasteiger partial charge in [-0.05, 0) is 12.1 Å². The molecule has 0 heterocycles. The van der Waals surface area contributed by atoms with Crippen LogP contribution < -0.4 is 0 Å². The number of hydrogen-bond acceptors (Lipinski definition) is 2. The van der Waals surface area contributed by atoms with Crippen LogP contribution in [0, 0.1) is 0 Å². The number of aromatic carboxylic acids is 1. The molecular formula is C14H10F12O3. The Bertz CT molecular complexity index is 676. The molecule has 15 heteroatoms. The fourth-order valence-electron chi connectivity index (χ4n) is 1.45.